The Labute approximate surface area is 107 Å². The molecular weight excluding hydrogens is 254 g/mol. The summed E-state index contributed by atoms with van der Waals surface area (Å²) in [6.07, 6.45) is 3.26. The third-order valence-electron chi connectivity index (χ3n) is 2.36. The summed E-state index contributed by atoms with van der Waals surface area (Å²) in [7, 11) is -0.421. The van der Waals surface area contributed by atoms with Crippen molar-refractivity contribution in [2.75, 3.05) is 19.8 Å². The van der Waals surface area contributed by atoms with Gasteiger partial charge in [0.25, 0.3) is 0 Å². The monoisotopic (exact) mass is 271 g/mol. The molecule has 0 atom stereocenters. The van der Waals surface area contributed by atoms with Gasteiger partial charge in [-0.25, -0.2) is 12.7 Å². The lowest BCUT2D eigenvalue weighted by molar-refractivity contribution is -0.120. The van der Waals surface area contributed by atoms with E-state index in [1.807, 2.05) is 6.07 Å². The van der Waals surface area contributed by atoms with E-state index >= 15 is 0 Å². The molecule has 0 unspecified atom stereocenters. The van der Waals surface area contributed by atoms with Crippen molar-refractivity contribution >= 4 is 15.9 Å². The third kappa shape index (κ3) is 4.80. The maximum absolute atomic E-state index is 11.5. The molecule has 1 rings (SSSR count). The number of amides is 1. The maximum Gasteiger partial charge on any atom is 0.221 e. The molecular formula is C11H17N3O3S. The van der Waals surface area contributed by atoms with Crippen LogP contribution in [0.2, 0.25) is 0 Å². The first-order valence-corrected chi connectivity index (χ1v) is 7.08. The van der Waals surface area contributed by atoms with Gasteiger partial charge in [-0.05, 0) is 11.6 Å². The van der Waals surface area contributed by atoms with Crippen molar-refractivity contribution in [2.24, 2.45) is 0 Å². The number of nitrogens with zero attached hydrogens (tertiary/aromatic N) is 2. The van der Waals surface area contributed by atoms with Crippen molar-refractivity contribution in [1.82, 2.24) is 14.6 Å². The fourth-order valence-corrected chi connectivity index (χ4v) is 2.00. The zero-order valence-corrected chi connectivity index (χ0v) is 11.3. The summed E-state index contributed by atoms with van der Waals surface area (Å²) in [5.74, 6) is -0.469. The van der Waals surface area contributed by atoms with Gasteiger partial charge in [-0.2, -0.15) is 0 Å². The van der Waals surface area contributed by atoms with E-state index in [2.05, 4.69) is 10.3 Å². The average Bonchev–Trinajstić information content (AvgIpc) is 2.35. The van der Waals surface area contributed by atoms with Crippen LogP contribution >= 0.6 is 0 Å². The van der Waals surface area contributed by atoms with Crippen molar-refractivity contribution in [3.05, 3.63) is 30.1 Å². The molecule has 0 spiro atoms. The molecule has 1 amide bonds. The second kappa shape index (κ2) is 6.46. The number of sulfonamides is 1. The van der Waals surface area contributed by atoms with Crippen molar-refractivity contribution < 1.29 is 13.2 Å². The molecule has 0 aromatic carbocycles. The molecule has 100 valence electrons. The Morgan fingerprint density at radius 1 is 1.44 bits per heavy atom. The van der Waals surface area contributed by atoms with E-state index < -0.39 is 10.0 Å². The number of aromatic nitrogens is 1. The quantitative estimate of drug-likeness (QED) is 0.788. The van der Waals surface area contributed by atoms with E-state index in [9.17, 15) is 13.2 Å². The van der Waals surface area contributed by atoms with Gasteiger partial charge in [0.05, 0.1) is 5.75 Å². The van der Waals surface area contributed by atoms with Gasteiger partial charge >= 0.3 is 0 Å². The summed E-state index contributed by atoms with van der Waals surface area (Å²) in [5, 5.41) is 2.65. The molecule has 0 aliphatic rings. The van der Waals surface area contributed by atoms with Crippen LogP contribution in [-0.2, 0) is 21.4 Å². The highest BCUT2D eigenvalue weighted by Crippen LogP contribution is 1.98. The zero-order chi connectivity index (χ0) is 13.6. The molecule has 0 aliphatic carbocycles. The van der Waals surface area contributed by atoms with Gasteiger partial charge in [-0.3, -0.25) is 9.78 Å². The van der Waals surface area contributed by atoms with Gasteiger partial charge in [0, 0.05) is 39.5 Å². The van der Waals surface area contributed by atoms with Crippen LogP contribution in [0, 0.1) is 0 Å². The van der Waals surface area contributed by atoms with Crippen LogP contribution in [0.25, 0.3) is 0 Å². The molecule has 0 fully saturated rings. The summed E-state index contributed by atoms with van der Waals surface area (Å²) in [6, 6.07) is 3.61. The SMILES string of the molecule is CN(C)S(=O)(=O)CCC(=O)NCc1cccnc1. The Morgan fingerprint density at radius 2 is 2.17 bits per heavy atom. The van der Waals surface area contributed by atoms with Crippen LogP contribution in [0.15, 0.2) is 24.5 Å². The minimum absolute atomic E-state index is 0.0409. The number of nitrogens with one attached hydrogen (secondary N) is 1. The standard InChI is InChI=1S/C11H17N3O3S/c1-14(2)18(16,17)7-5-11(15)13-9-10-4-3-6-12-8-10/h3-4,6,8H,5,7,9H2,1-2H3,(H,13,15). The molecule has 0 saturated heterocycles. The lowest BCUT2D eigenvalue weighted by Gasteiger charge is -2.10. The summed E-state index contributed by atoms with van der Waals surface area (Å²) in [6.45, 7) is 0.356. The summed E-state index contributed by atoms with van der Waals surface area (Å²) in [5.41, 5.74) is 0.876. The van der Waals surface area contributed by atoms with Crippen molar-refractivity contribution in [2.45, 2.75) is 13.0 Å². The molecule has 18 heavy (non-hydrogen) atoms. The van der Waals surface area contributed by atoms with Gasteiger partial charge in [-0.1, -0.05) is 6.07 Å². The van der Waals surface area contributed by atoms with E-state index in [-0.39, 0.29) is 18.1 Å². The number of pyridine rings is 1. The Kier molecular flexibility index (Phi) is 5.24. The van der Waals surface area contributed by atoms with E-state index in [4.69, 9.17) is 0 Å². The number of rotatable bonds is 6. The van der Waals surface area contributed by atoms with Crippen LogP contribution in [0.5, 0.6) is 0 Å². The Balaban J connectivity index is 2.35. The summed E-state index contributed by atoms with van der Waals surface area (Å²) >= 11 is 0. The second-order valence-corrected chi connectivity index (χ2v) is 6.29. The molecule has 7 heteroatoms. The molecule has 1 aromatic heterocycles. The Morgan fingerprint density at radius 3 is 2.72 bits per heavy atom. The predicted molar refractivity (Wildman–Crippen MR) is 68.2 cm³/mol. The van der Waals surface area contributed by atoms with Crippen LogP contribution in [0.3, 0.4) is 0 Å². The fraction of sp³-hybridized carbons (Fsp3) is 0.455. The fourth-order valence-electron chi connectivity index (χ4n) is 1.20. The van der Waals surface area contributed by atoms with Crippen molar-refractivity contribution in [3.8, 4) is 0 Å². The normalized spacial score (nSPS) is 11.5. The van der Waals surface area contributed by atoms with Gasteiger partial charge in [0.1, 0.15) is 0 Å². The Hall–Kier alpha value is -1.47. The molecule has 1 N–H and O–H groups in total. The predicted octanol–water partition coefficient (Wildman–Crippen LogP) is -0.0207. The van der Waals surface area contributed by atoms with E-state index in [0.29, 0.717) is 6.54 Å². The summed E-state index contributed by atoms with van der Waals surface area (Å²) < 4.78 is 24.0. The van der Waals surface area contributed by atoms with E-state index in [0.717, 1.165) is 9.87 Å². The molecule has 0 bridgehead atoms. The minimum atomic E-state index is -3.32. The highest BCUT2D eigenvalue weighted by Gasteiger charge is 2.15. The average molecular weight is 271 g/mol. The van der Waals surface area contributed by atoms with Gasteiger partial charge < -0.3 is 5.32 Å². The first-order chi connectivity index (χ1) is 8.42. The minimum Gasteiger partial charge on any atom is -0.352 e. The highest BCUT2D eigenvalue weighted by atomic mass is 32.2. The van der Waals surface area contributed by atoms with Gasteiger partial charge in [0.2, 0.25) is 15.9 Å². The van der Waals surface area contributed by atoms with Crippen LogP contribution in [0.4, 0.5) is 0 Å². The Bertz CT molecular complexity index is 486. The molecule has 0 saturated carbocycles. The third-order valence-corrected chi connectivity index (χ3v) is 4.19. The number of carbonyl (C=O) groups is 1. The lowest BCUT2D eigenvalue weighted by atomic mass is 10.3. The number of carbonyl (C=O) groups excluding carboxylic acids is 1. The molecule has 0 aliphatic heterocycles. The molecule has 1 heterocycles. The lowest BCUT2D eigenvalue weighted by Crippen LogP contribution is -2.30. The van der Waals surface area contributed by atoms with Gasteiger partial charge in [0.15, 0.2) is 0 Å². The molecule has 1 aromatic rings. The molecule has 0 radical (unpaired) electrons. The second-order valence-electron chi connectivity index (χ2n) is 3.99. The summed E-state index contributed by atoms with van der Waals surface area (Å²) in [4.78, 5) is 15.4. The largest absolute Gasteiger partial charge is 0.352 e. The zero-order valence-electron chi connectivity index (χ0n) is 10.5. The highest BCUT2D eigenvalue weighted by molar-refractivity contribution is 7.89. The van der Waals surface area contributed by atoms with E-state index in [1.165, 1.54) is 14.1 Å². The smallest absolute Gasteiger partial charge is 0.221 e. The van der Waals surface area contributed by atoms with Crippen LogP contribution < -0.4 is 5.32 Å². The van der Waals surface area contributed by atoms with Crippen molar-refractivity contribution in [1.29, 1.82) is 0 Å². The van der Waals surface area contributed by atoms with Crippen molar-refractivity contribution in [3.63, 3.8) is 0 Å². The van der Waals surface area contributed by atoms with Crippen LogP contribution in [-0.4, -0.2) is 43.5 Å². The van der Waals surface area contributed by atoms with E-state index in [1.54, 1.807) is 18.5 Å². The topological polar surface area (TPSA) is 79.4 Å². The van der Waals surface area contributed by atoms with Crippen LogP contribution in [0.1, 0.15) is 12.0 Å². The molecule has 6 nitrogen and oxygen atoms in total. The first-order valence-electron chi connectivity index (χ1n) is 5.47. The first kappa shape index (κ1) is 14.6. The van der Waals surface area contributed by atoms with Gasteiger partial charge in [-0.15, -0.1) is 0 Å². The maximum atomic E-state index is 11.5. The number of hydrogen-bond donors (Lipinski definition) is 1. The number of hydrogen-bond acceptors (Lipinski definition) is 4.